The van der Waals surface area contributed by atoms with Gasteiger partial charge in [-0.2, -0.15) is 0 Å². The smallest absolute Gasteiger partial charge is 0.313 e. The standard InChI is InChI=1S/C21H28N2O11S/c1-31-7-8-32-13-34-18(12-35(2,29)30)20-17(22-21(20)26)9-16(24)10-19(25)33-11-14-3-5-15(6-4-14)23(27)28/h3-6,17-18,20H,7-13H2,1-2H3,(H,22,26). The molecule has 1 aliphatic heterocycles. The Morgan fingerprint density at radius 2 is 1.89 bits per heavy atom. The average Bonchev–Trinajstić information content (AvgIpc) is 2.76. The lowest BCUT2D eigenvalue weighted by atomic mass is 9.82. The highest BCUT2D eigenvalue weighted by atomic mass is 32.2. The summed E-state index contributed by atoms with van der Waals surface area (Å²) in [5, 5.41) is 13.2. The van der Waals surface area contributed by atoms with E-state index in [0.717, 1.165) is 6.26 Å². The fourth-order valence-electron chi connectivity index (χ4n) is 3.36. The van der Waals surface area contributed by atoms with E-state index in [9.17, 15) is 32.9 Å². The number of ketones is 1. The molecule has 0 radical (unpaired) electrons. The zero-order chi connectivity index (χ0) is 26.0. The number of nitrogens with zero attached hydrogens (tertiary/aromatic N) is 1. The molecule has 194 valence electrons. The fourth-order valence-corrected chi connectivity index (χ4v) is 4.26. The van der Waals surface area contributed by atoms with E-state index >= 15 is 0 Å². The largest absolute Gasteiger partial charge is 0.460 e. The molecule has 1 heterocycles. The molecule has 0 spiro atoms. The number of Topliss-reactive ketones (excluding diaryl/α,β-unsaturated/α-hetero) is 1. The van der Waals surface area contributed by atoms with Gasteiger partial charge in [0.15, 0.2) is 0 Å². The van der Waals surface area contributed by atoms with Crippen LogP contribution < -0.4 is 5.32 Å². The van der Waals surface area contributed by atoms with Gasteiger partial charge in [-0.3, -0.25) is 24.5 Å². The Bertz CT molecular complexity index is 1010. The van der Waals surface area contributed by atoms with Gasteiger partial charge < -0.3 is 24.3 Å². The van der Waals surface area contributed by atoms with Crippen LogP contribution in [0.3, 0.4) is 0 Å². The molecular weight excluding hydrogens is 488 g/mol. The van der Waals surface area contributed by atoms with Gasteiger partial charge in [0.2, 0.25) is 5.91 Å². The molecule has 1 fully saturated rings. The third kappa shape index (κ3) is 9.68. The van der Waals surface area contributed by atoms with Crippen LogP contribution in [-0.2, 0) is 49.8 Å². The van der Waals surface area contributed by atoms with E-state index in [0.29, 0.717) is 12.2 Å². The quantitative estimate of drug-likeness (QED) is 0.0601. The summed E-state index contributed by atoms with van der Waals surface area (Å²) >= 11 is 0. The minimum absolute atomic E-state index is 0.105. The van der Waals surface area contributed by atoms with Gasteiger partial charge in [-0.25, -0.2) is 8.42 Å². The first-order valence-electron chi connectivity index (χ1n) is 10.6. The van der Waals surface area contributed by atoms with Crippen molar-refractivity contribution in [3.8, 4) is 0 Å². The predicted octanol–water partition coefficient (Wildman–Crippen LogP) is 0.152. The molecule has 0 saturated carbocycles. The monoisotopic (exact) mass is 516 g/mol. The maximum Gasteiger partial charge on any atom is 0.313 e. The minimum Gasteiger partial charge on any atom is -0.460 e. The van der Waals surface area contributed by atoms with Crippen molar-refractivity contribution in [3.63, 3.8) is 0 Å². The molecule has 1 saturated heterocycles. The maximum atomic E-state index is 12.4. The first kappa shape index (κ1) is 28.3. The van der Waals surface area contributed by atoms with E-state index in [4.69, 9.17) is 18.9 Å². The number of β-lactam (4-membered cyclic amide) rings is 1. The summed E-state index contributed by atoms with van der Waals surface area (Å²) < 4.78 is 44.2. The van der Waals surface area contributed by atoms with Crippen LogP contribution in [-0.4, -0.2) is 82.3 Å². The second kappa shape index (κ2) is 13.2. The van der Waals surface area contributed by atoms with E-state index < -0.39 is 62.7 Å². The number of hydrogen-bond acceptors (Lipinski definition) is 11. The Balaban J connectivity index is 1.86. The number of non-ortho nitro benzene ring substituents is 1. The Morgan fingerprint density at radius 1 is 1.20 bits per heavy atom. The van der Waals surface area contributed by atoms with Gasteiger partial charge >= 0.3 is 5.97 Å². The van der Waals surface area contributed by atoms with Crippen LogP contribution in [0.4, 0.5) is 5.69 Å². The zero-order valence-corrected chi connectivity index (χ0v) is 20.2. The average molecular weight is 517 g/mol. The molecule has 1 aliphatic rings. The van der Waals surface area contributed by atoms with E-state index in [2.05, 4.69) is 5.32 Å². The van der Waals surface area contributed by atoms with Crippen LogP contribution in [0.1, 0.15) is 18.4 Å². The van der Waals surface area contributed by atoms with Crippen LogP contribution in [0.5, 0.6) is 0 Å². The predicted molar refractivity (Wildman–Crippen MR) is 120 cm³/mol. The van der Waals surface area contributed by atoms with Crippen molar-refractivity contribution in [3.05, 3.63) is 39.9 Å². The van der Waals surface area contributed by atoms with Crippen LogP contribution in [0.25, 0.3) is 0 Å². The van der Waals surface area contributed by atoms with Crippen LogP contribution in [0.15, 0.2) is 24.3 Å². The molecule has 2 rings (SSSR count). The Kier molecular flexibility index (Phi) is 10.7. The summed E-state index contributed by atoms with van der Waals surface area (Å²) in [6, 6.07) is 4.70. The summed E-state index contributed by atoms with van der Waals surface area (Å²) in [5.41, 5.74) is 0.406. The minimum atomic E-state index is -3.51. The first-order valence-corrected chi connectivity index (χ1v) is 12.6. The maximum absolute atomic E-state index is 12.4. The van der Waals surface area contributed by atoms with Gasteiger partial charge in [0.05, 0.1) is 35.9 Å². The molecule has 1 N–H and O–H groups in total. The molecule has 1 aromatic rings. The molecule has 0 aliphatic carbocycles. The van der Waals surface area contributed by atoms with Gasteiger partial charge in [-0.05, 0) is 17.7 Å². The van der Waals surface area contributed by atoms with Crippen LogP contribution >= 0.6 is 0 Å². The highest BCUT2D eigenvalue weighted by Gasteiger charge is 2.47. The molecule has 0 bridgehead atoms. The summed E-state index contributed by atoms with van der Waals surface area (Å²) in [6.07, 6.45) is -0.790. The van der Waals surface area contributed by atoms with Crippen molar-refractivity contribution in [2.75, 3.05) is 39.1 Å². The number of carbonyl (C=O) groups excluding carboxylic acids is 3. The topological polar surface area (TPSA) is 177 Å². The fraction of sp³-hybridized carbons (Fsp3) is 0.571. The van der Waals surface area contributed by atoms with E-state index in [1.165, 1.54) is 31.4 Å². The SMILES string of the molecule is COCCOCOC(CS(C)(=O)=O)C1C(=O)NC1CC(=O)CC(=O)OCc1ccc([N+](=O)[O-])cc1. The molecule has 1 amide bonds. The normalized spacial score (nSPS) is 18.3. The number of nitrogens with one attached hydrogen (secondary N) is 1. The molecular formula is C21H28N2O11S. The third-order valence-electron chi connectivity index (χ3n) is 5.06. The highest BCUT2D eigenvalue weighted by Crippen LogP contribution is 2.26. The number of hydrogen-bond donors (Lipinski definition) is 1. The third-order valence-corrected chi connectivity index (χ3v) is 6.00. The molecule has 13 nitrogen and oxygen atoms in total. The zero-order valence-electron chi connectivity index (χ0n) is 19.3. The van der Waals surface area contributed by atoms with Crippen molar-refractivity contribution < 1.29 is 46.7 Å². The Labute approximate surface area is 202 Å². The molecule has 35 heavy (non-hydrogen) atoms. The second-order valence-electron chi connectivity index (χ2n) is 7.96. The number of carbonyl (C=O) groups is 3. The van der Waals surface area contributed by atoms with Crippen molar-refractivity contribution in [1.29, 1.82) is 0 Å². The molecule has 14 heteroatoms. The summed E-state index contributed by atoms with van der Waals surface area (Å²) in [6.45, 7) is 0.0908. The van der Waals surface area contributed by atoms with E-state index in [1.807, 2.05) is 0 Å². The van der Waals surface area contributed by atoms with Crippen molar-refractivity contribution in [2.24, 2.45) is 5.92 Å². The van der Waals surface area contributed by atoms with Gasteiger partial charge in [-0.15, -0.1) is 0 Å². The first-order chi connectivity index (χ1) is 16.5. The van der Waals surface area contributed by atoms with Gasteiger partial charge in [0, 0.05) is 38.0 Å². The lowest BCUT2D eigenvalue weighted by molar-refractivity contribution is -0.384. The lowest BCUT2D eigenvalue weighted by Gasteiger charge is -2.40. The van der Waals surface area contributed by atoms with Crippen molar-refractivity contribution in [2.45, 2.75) is 31.6 Å². The van der Waals surface area contributed by atoms with Crippen molar-refractivity contribution in [1.82, 2.24) is 5.32 Å². The van der Waals surface area contributed by atoms with Crippen LogP contribution in [0.2, 0.25) is 0 Å². The summed E-state index contributed by atoms with van der Waals surface area (Å²) in [7, 11) is -2.02. The summed E-state index contributed by atoms with van der Waals surface area (Å²) in [5.74, 6) is -3.13. The number of benzene rings is 1. The van der Waals surface area contributed by atoms with Gasteiger partial charge in [-0.1, -0.05) is 0 Å². The summed E-state index contributed by atoms with van der Waals surface area (Å²) in [4.78, 5) is 46.6. The molecule has 1 aromatic carbocycles. The number of ether oxygens (including phenoxy) is 4. The number of nitro benzene ring substituents is 1. The molecule has 3 unspecified atom stereocenters. The van der Waals surface area contributed by atoms with E-state index in [1.54, 1.807) is 0 Å². The van der Waals surface area contributed by atoms with Gasteiger partial charge in [0.25, 0.3) is 5.69 Å². The number of nitro groups is 1. The number of esters is 1. The second-order valence-corrected chi connectivity index (χ2v) is 10.1. The highest BCUT2D eigenvalue weighted by molar-refractivity contribution is 7.90. The molecule has 0 aromatic heterocycles. The number of sulfone groups is 1. The van der Waals surface area contributed by atoms with Gasteiger partial charge in [0.1, 0.15) is 35.4 Å². The lowest BCUT2D eigenvalue weighted by Crippen LogP contribution is -2.64. The Morgan fingerprint density at radius 3 is 2.46 bits per heavy atom. The number of methoxy groups -OCH3 is 1. The number of amides is 1. The molecule has 3 atom stereocenters. The van der Waals surface area contributed by atoms with Crippen LogP contribution in [0, 0.1) is 16.0 Å². The van der Waals surface area contributed by atoms with E-state index in [-0.39, 0.29) is 32.1 Å². The van der Waals surface area contributed by atoms with Crippen molar-refractivity contribution >= 4 is 33.2 Å². The Hall–Kier alpha value is -2.94. The number of rotatable bonds is 16.